The quantitative estimate of drug-likeness (QED) is 0.172. The number of rotatable bonds is 14. The molecule has 1 amide bonds. The Labute approximate surface area is 349 Å². The van der Waals surface area contributed by atoms with Crippen molar-refractivity contribution in [3.05, 3.63) is 11.1 Å². The zero-order valence-corrected chi connectivity index (χ0v) is 38.1. The monoisotopic (exact) mass is 809 g/mol. The summed E-state index contributed by atoms with van der Waals surface area (Å²) in [7, 11) is 1.84. The highest BCUT2D eigenvalue weighted by Gasteiger charge is 2.71. The molecule has 10 nitrogen and oxygen atoms in total. The summed E-state index contributed by atoms with van der Waals surface area (Å²) in [5.41, 5.74) is 0.239. The van der Waals surface area contributed by atoms with Crippen molar-refractivity contribution in [1.29, 1.82) is 0 Å². The number of fused-ring (bicyclic) bond motifs is 7. The summed E-state index contributed by atoms with van der Waals surface area (Å²) in [6.07, 6.45) is 9.51. The number of carbonyl (C=O) groups is 5. The first-order valence-corrected chi connectivity index (χ1v) is 22.7. The fourth-order valence-electron chi connectivity index (χ4n) is 14.0. The molecule has 0 aliphatic heterocycles. The molecule has 6 aliphatic rings. The van der Waals surface area contributed by atoms with Crippen molar-refractivity contribution in [3.63, 3.8) is 0 Å². The maximum Gasteiger partial charge on any atom is 0.309 e. The fraction of sp³-hybridized carbons (Fsp3) is 0.854. The molecule has 0 aromatic rings. The largest absolute Gasteiger partial charge is 0.481 e. The number of carboxylic acids is 1. The van der Waals surface area contributed by atoms with E-state index >= 15 is 0 Å². The van der Waals surface area contributed by atoms with Crippen molar-refractivity contribution in [2.45, 2.75) is 165 Å². The Balaban J connectivity index is 1.32. The average molecular weight is 809 g/mol. The van der Waals surface area contributed by atoms with Crippen LogP contribution >= 0.6 is 0 Å². The molecule has 6 aliphatic carbocycles. The first kappa shape index (κ1) is 44.8. The van der Waals surface area contributed by atoms with Crippen LogP contribution in [-0.4, -0.2) is 89.9 Å². The number of amides is 1. The number of esters is 2. The summed E-state index contributed by atoms with van der Waals surface area (Å²) in [5, 5.41) is 9.66. The summed E-state index contributed by atoms with van der Waals surface area (Å²) in [6.45, 7) is 25.5. The van der Waals surface area contributed by atoms with Crippen LogP contribution in [0.3, 0.4) is 0 Å². The summed E-state index contributed by atoms with van der Waals surface area (Å²) in [4.78, 5) is 68.9. The van der Waals surface area contributed by atoms with Crippen LogP contribution in [0, 0.1) is 62.1 Å². The van der Waals surface area contributed by atoms with E-state index in [0.717, 1.165) is 63.5 Å². The lowest BCUT2D eigenvalue weighted by molar-refractivity contribution is -0.235. The Hall–Kier alpha value is -2.75. The molecule has 10 heteroatoms. The van der Waals surface area contributed by atoms with Crippen LogP contribution in [0.4, 0.5) is 0 Å². The van der Waals surface area contributed by atoms with E-state index in [2.05, 4.69) is 53.4 Å². The van der Waals surface area contributed by atoms with Gasteiger partial charge in [-0.3, -0.25) is 28.9 Å². The molecule has 58 heavy (non-hydrogen) atoms. The van der Waals surface area contributed by atoms with Crippen molar-refractivity contribution < 1.29 is 38.6 Å². The molecule has 5 fully saturated rings. The highest BCUT2D eigenvalue weighted by atomic mass is 16.5. The second-order valence-corrected chi connectivity index (χ2v) is 22.3. The van der Waals surface area contributed by atoms with Gasteiger partial charge in [-0.05, 0) is 135 Å². The summed E-state index contributed by atoms with van der Waals surface area (Å²) in [6, 6.07) is 0. The molecule has 0 spiro atoms. The number of allylic oxidation sites excluding steroid dienone is 1. The van der Waals surface area contributed by atoms with Crippen LogP contribution in [0.15, 0.2) is 11.1 Å². The van der Waals surface area contributed by atoms with E-state index in [1.807, 2.05) is 7.05 Å². The van der Waals surface area contributed by atoms with Gasteiger partial charge in [0, 0.05) is 64.3 Å². The van der Waals surface area contributed by atoms with E-state index in [4.69, 9.17) is 9.47 Å². The van der Waals surface area contributed by atoms with Crippen LogP contribution < -0.4 is 0 Å². The van der Waals surface area contributed by atoms with Crippen LogP contribution in [0.2, 0.25) is 0 Å². The predicted molar refractivity (Wildman–Crippen MR) is 223 cm³/mol. The Morgan fingerprint density at radius 3 is 2.12 bits per heavy atom. The standard InChI is InChI=1S/C48H76N2O8/c1-29(2)40-34(53)25-48(38(57-31(4)52)28-50(27-32-13-14-32)24-23-49(12)30(3)51)22-21-46(10)33(41(40)48)15-16-36-45(9)19-18-37(58-39(54)26-43(5,6)42(55)56)44(7,8)35(45)17-20-47(36,46)11/h29,32-33,35-38H,13-28H2,1-12H3,(H,55,56)/t33-,35+,36-,37+,38+,45+,46-,47-,48+/m1/s1. The summed E-state index contributed by atoms with van der Waals surface area (Å²) >= 11 is 0. The zero-order valence-electron chi connectivity index (χ0n) is 38.1. The Morgan fingerprint density at radius 1 is 0.862 bits per heavy atom. The maximum atomic E-state index is 14.5. The third-order valence-electron chi connectivity index (χ3n) is 17.7. The lowest BCUT2D eigenvalue weighted by atomic mass is 9.33. The van der Waals surface area contributed by atoms with Gasteiger partial charge in [-0.2, -0.15) is 0 Å². The van der Waals surface area contributed by atoms with Crippen molar-refractivity contribution in [3.8, 4) is 0 Å². The summed E-state index contributed by atoms with van der Waals surface area (Å²) in [5.74, 6) is 0.190. The molecule has 0 heterocycles. The third kappa shape index (κ3) is 7.61. The van der Waals surface area contributed by atoms with E-state index < -0.39 is 28.9 Å². The number of Topliss-reactive ketones (excluding diaryl/α,β-unsaturated/α-hetero) is 1. The van der Waals surface area contributed by atoms with Gasteiger partial charge < -0.3 is 19.5 Å². The SMILES string of the molecule is CC(=O)O[C@@H](CN(CCN(C)C(C)=O)CC1CC1)[C@@]12CC[C@]3(C)[C@H](CC[C@@H]4[C@@]5(C)CC[C@H](OC(=O)CC(C)(C)C(=O)O)C(C)(C)[C@@H]5CC[C@]43C)C1=C(C(C)C)C(=O)C2. The Morgan fingerprint density at radius 2 is 1.53 bits per heavy atom. The smallest absolute Gasteiger partial charge is 0.309 e. The molecule has 0 aromatic heterocycles. The van der Waals surface area contributed by atoms with Gasteiger partial charge >= 0.3 is 17.9 Å². The van der Waals surface area contributed by atoms with Gasteiger partial charge in [-0.25, -0.2) is 0 Å². The van der Waals surface area contributed by atoms with Gasteiger partial charge in [-0.1, -0.05) is 48.5 Å². The predicted octanol–water partition coefficient (Wildman–Crippen LogP) is 8.50. The van der Waals surface area contributed by atoms with Gasteiger partial charge in [0.15, 0.2) is 5.78 Å². The number of hydrogen-bond acceptors (Lipinski definition) is 8. The number of nitrogens with zero attached hydrogens (tertiary/aromatic N) is 2. The number of ether oxygens (including phenoxy) is 2. The molecular weight excluding hydrogens is 733 g/mol. The number of likely N-dealkylation sites (N-methyl/N-ethyl adjacent to an activating group) is 1. The molecule has 0 radical (unpaired) electrons. The second-order valence-electron chi connectivity index (χ2n) is 22.3. The molecule has 326 valence electrons. The highest BCUT2D eigenvalue weighted by Crippen LogP contribution is 2.77. The minimum absolute atomic E-state index is 0.00533. The zero-order chi connectivity index (χ0) is 43.0. The lowest BCUT2D eigenvalue weighted by Gasteiger charge is -2.72. The van der Waals surface area contributed by atoms with E-state index in [0.29, 0.717) is 43.8 Å². The van der Waals surface area contributed by atoms with Gasteiger partial charge in [0.25, 0.3) is 0 Å². The topological polar surface area (TPSA) is 131 Å². The van der Waals surface area contributed by atoms with E-state index in [1.54, 1.807) is 25.7 Å². The maximum absolute atomic E-state index is 14.5. The number of hydrogen-bond donors (Lipinski definition) is 1. The van der Waals surface area contributed by atoms with E-state index in [-0.39, 0.29) is 63.7 Å². The number of ketones is 1. The second kappa shape index (κ2) is 15.6. The first-order valence-electron chi connectivity index (χ1n) is 22.7. The van der Waals surface area contributed by atoms with E-state index in [1.165, 1.54) is 25.3 Å². The lowest BCUT2D eigenvalue weighted by Crippen LogP contribution is -2.66. The molecule has 0 bridgehead atoms. The van der Waals surface area contributed by atoms with E-state index in [9.17, 15) is 29.1 Å². The van der Waals surface area contributed by atoms with Crippen LogP contribution in [0.1, 0.15) is 153 Å². The van der Waals surface area contributed by atoms with Crippen molar-refractivity contribution in [2.75, 3.05) is 33.2 Å². The third-order valence-corrected chi connectivity index (χ3v) is 17.7. The minimum Gasteiger partial charge on any atom is -0.481 e. The van der Waals surface area contributed by atoms with Gasteiger partial charge in [0.1, 0.15) is 12.2 Å². The average Bonchev–Trinajstić information content (AvgIpc) is 3.87. The molecule has 1 N–H and O–H groups in total. The molecule has 9 atom stereocenters. The molecule has 5 saturated carbocycles. The first-order chi connectivity index (χ1) is 26.8. The van der Waals surface area contributed by atoms with Crippen molar-refractivity contribution in [1.82, 2.24) is 9.80 Å². The van der Waals surface area contributed by atoms with Crippen LogP contribution in [-0.2, 0) is 33.4 Å². The molecule has 0 unspecified atom stereocenters. The highest BCUT2D eigenvalue weighted by molar-refractivity contribution is 6.01. The number of aliphatic carboxylic acids is 1. The molecular formula is C48H76N2O8. The van der Waals surface area contributed by atoms with Gasteiger partial charge in [-0.15, -0.1) is 0 Å². The van der Waals surface area contributed by atoms with Crippen LogP contribution in [0.25, 0.3) is 0 Å². The minimum atomic E-state index is -1.18. The molecule has 0 aromatic carbocycles. The molecule has 6 rings (SSSR count). The summed E-state index contributed by atoms with van der Waals surface area (Å²) < 4.78 is 12.7. The van der Waals surface area contributed by atoms with Crippen molar-refractivity contribution >= 4 is 29.6 Å². The molecule has 0 saturated heterocycles. The Bertz CT molecular complexity index is 1690. The number of carboxylic acid groups (broad SMARTS) is 1. The van der Waals surface area contributed by atoms with Gasteiger partial charge in [0.05, 0.1) is 11.8 Å². The van der Waals surface area contributed by atoms with Gasteiger partial charge in [0.2, 0.25) is 5.91 Å². The van der Waals surface area contributed by atoms with Crippen molar-refractivity contribution in [2.24, 2.45) is 62.1 Å². The van der Waals surface area contributed by atoms with Crippen LogP contribution in [0.5, 0.6) is 0 Å². The number of carbonyl (C=O) groups excluding carboxylic acids is 4. The Kier molecular flexibility index (Phi) is 12.1. The normalized spacial score (nSPS) is 36.1. The fourth-order valence-corrected chi connectivity index (χ4v) is 14.0.